The zero-order valence-corrected chi connectivity index (χ0v) is 12.3. The van der Waals surface area contributed by atoms with E-state index < -0.39 is 0 Å². The largest absolute Gasteiger partial charge is 0.463 e. The standard InChI is InChI=1S/C16H21N3O2/c1-16(8-9-16)14(20)18-12-5-2-11(3-6-12)4-7-13-10-21-15(17)19-13/h2-3,5-6,13H,4,7-10H2,1H3,(H2,17,19)(H,18,20)/t13-/m0/s1. The van der Waals surface area contributed by atoms with Gasteiger partial charge >= 0.3 is 0 Å². The van der Waals surface area contributed by atoms with Crippen molar-refractivity contribution in [1.82, 2.24) is 0 Å². The third-order valence-corrected chi connectivity index (χ3v) is 4.26. The highest BCUT2D eigenvalue weighted by Gasteiger charge is 2.44. The molecule has 0 bridgehead atoms. The monoisotopic (exact) mass is 287 g/mol. The van der Waals surface area contributed by atoms with Gasteiger partial charge in [-0.2, -0.15) is 0 Å². The number of rotatable bonds is 5. The molecule has 0 saturated heterocycles. The van der Waals surface area contributed by atoms with E-state index in [9.17, 15) is 4.79 Å². The minimum absolute atomic E-state index is 0.128. The molecule has 0 radical (unpaired) electrons. The van der Waals surface area contributed by atoms with Crippen molar-refractivity contribution < 1.29 is 9.53 Å². The number of hydrogen-bond donors (Lipinski definition) is 2. The van der Waals surface area contributed by atoms with Gasteiger partial charge in [-0.15, -0.1) is 0 Å². The fourth-order valence-electron chi connectivity index (χ4n) is 2.37. The number of amides is 1. The van der Waals surface area contributed by atoms with E-state index in [2.05, 4.69) is 10.3 Å². The zero-order chi connectivity index (χ0) is 14.9. The van der Waals surface area contributed by atoms with Crippen molar-refractivity contribution in [3.05, 3.63) is 29.8 Å². The Morgan fingerprint density at radius 2 is 2.14 bits per heavy atom. The van der Waals surface area contributed by atoms with Crippen LogP contribution in [0.3, 0.4) is 0 Å². The van der Waals surface area contributed by atoms with Crippen LogP contribution in [0.25, 0.3) is 0 Å². The van der Waals surface area contributed by atoms with Crippen LogP contribution in [0.1, 0.15) is 31.7 Å². The van der Waals surface area contributed by atoms with Crippen molar-refractivity contribution in [3.63, 3.8) is 0 Å². The fourth-order valence-corrected chi connectivity index (χ4v) is 2.37. The molecule has 112 valence electrons. The maximum Gasteiger partial charge on any atom is 0.282 e. The lowest BCUT2D eigenvalue weighted by Gasteiger charge is -2.10. The predicted molar refractivity (Wildman–Crippen MR) is 82.1 cm³/mol. The normalized spacial score (nSPS) is 22.3. The number of nitrogens with zero attached hydrogens (tertiary/aromatic N) is 1. The van der Waals surface area contributed by atoms with Crippen molar-refractivity contribution in [2.75, 3.05) is 11.9 Å². The maximum absolute atomic E-state index is 12.0. The molecule has 2 aliphatic rings. The molecular weight excluding hydrogens is 266 g/mol. The Kier molecular flexibility index (Phi) is 3.57. The molecule has 0 unspecified atom stereocenters. The van der Waals surface area contributed by atoms with Crippen LogP contribution in [0, 0.1) is 5.41 Å². The molecule has 3 N–H and O–H groups in total. The summed E-state index contributed by atoms with van der Waals surface area (Å²) >= 11 is 0. The summed E-state index contributed by atoms with van der Waals surface area (Å²) in [6.07, 6.45) is 3.83. The number of aliphatic imine (C=N–C) groups is 1. The molecule has 5 heteroatoms. The first-order valence-electron chi connectivity index (χ1n) is 7.42. The Balaban J connectivity index is 1.51. The van der Waals surface area contributed by atoms with Gasteiger partial charge in [0.25, 0.3) is 6.02 Å². The molecule has 1 saturated carbocycles. The molecule has 1 aliphatic heterocycles. The Morgan fingerprint density at radius 3 is 2.71 bits per heavy atom. The maximum atomic E-state index is 12.0. The molecule has 1 aromatic carbocycles. The van der Waals surface area contributed by atoms with Crippen molar-refractivity contribution in [2.45, 2.75) is 38.6 Å². The number of anilines is 1. The van der Waals surface area contributed by atoms with E-state index in [1.165, 1.54) is 5.56 Å². The van der Waals surface area contributed by atoms with Gasteiger partial charge in [-0.1, -0.05) is 19.1 Å². The van der Waals surface area contributed by atoms with E-state index in [0.717, 1.165) is 31.4 Å². The number of carbonyl (C=O) groups is 1. The number of hydrogen-bond acceptors (Lipinski definition) is 4. The van der Waals surface area contributed by atoms with Crippen molar-refractivity contribution >= 4 is 17.6 Å². The topological polar surface area (TPSA) is 76.7 Å². The van der Waals surface area contributed by atoms with Gasteiger partial charge in [-0.05, 0) is 43.4 Å². The summed E-state index contributed by atoms with van der Waals surface area (Å²) in [5, 5.41) is 2.98. The van der Waals surface area contributed by atoms with E-state index in [1.807, 2.05) is 31.2 Å². The van der Waals surface area contributed by atoms with Crippen LogP contribution in [-0.4, -0.2) is 24.6 Å². The minimum atomic E-state index is -0.140. The van der Waals surface area contributed by atoms with Crippen molar-refractivity contribution in [2.24, 2.45) is 16.1 Å². The van der Waals surface area contributed by atoms with E-state index in [-0.39, 0.29) is 17.4 Å². The Hall–Kier alpha value is -2.04. The molecule has 1 amide bonds. The lowest BCUT2D eigenvalue weighted by atomic mass is 10.1. The second kappa shape index (κ2) is 5.39. The van der Waals surface area contributed by atoms with Crippen LogP contribution < -0.4 is 11.1 Å². The highest BCUT2D eigenvalue weighted by molar-refractivity contribution is 5.96. The first-order valence-corrected chi connectivity index (χ1v) is 7.42. The van der Waals surface area contributed by atoms with Gasteiger partial charge in [-0.25, -0.2) is 4.99 Å². The van der Waals surface area contributed by atoms with Crippen LogP contribution in [0.5, 0.6) is 0 Å². The quantitative estimate of drug-likeness (QED) is 0.870. The molecule has 1 fully saturated rings. The molecule has 5 nitrogen and oxygen atoms in total. The molecule has 1 heterocycles. The molecular formula is C16H21N3O2. The smallest absolute Gasteiger partial charge is 0.282 e. The summed E-state index contributed by atoms with van der Waals surface area (Å²) in [5.74, 6) is 0.128. The highest BCUT2D eigenvalue weighted by atomic mass is 16.5. The average molecular weight is 287 g/mol. The number of aryl methyl sites for hydroxylation is 1. The molecule has 21 heavy (non-hydrogen) atoms. The number of nitrogens with two attached hydrogens (primary N) is 1. The van der Waals surface area contributed by atoms with Crippen LogP contribution in [0.2, 0.25) is 0 Å². The van der Waals surface area contributed by atoms with E-state index in [1.54, 1.807) is 0 Å². The van der Waals surface area contributed by atoms with E-state index >= 15 is 0 Å². The molecule has 3 rings (SSSR count). The average Bonchev–Trinajstić information content (AvgIpc) is 3.09. The summed E-state index contributed by atoms with van der Waals surface area (Å²) in [5.41, 5.74) is 7.44. The summed E-state index contributed by atoms with van der Waals surface area (Å²) in [7, 11) is 0. The number of benzene rings is 1. The fraction of sp³-hybridized carbons (Fsp3) is 0.500. The third-order valence-electron chi connectivity index (χ3n) is 4.26. The number of carbonyl (C=O) groups excluding carboxylic acids is 1. The Labute approximate surface area is 124 Å². The van der Waals surface area contributed by atoms with Gasteiger partial charge in [0.2, 0.25) is 5.91 Å². The highest BCUT2D eigenvalue weighted by Crippen LogP contribution is 2.45. The van der Waals surface area contributed by atoms with Crippen LogP contribution in [0.4, 0.5) is 5.69 Å². The SMILES string of the molecule is CC1(C(=O)Nc2ccc(CC[C@H]3COC(N)=N3)cc2)CC1. The number of amidine groups is 1. The Morgan fingerprint density at radius 1 is 1.43 bits per heavy atom. The Bertz CT molecular complexity index is 561. The molecule has 1 aliphatic carbocycles. The summed E-state index contributed by atoms with van der Waals surface area (Å²) in [6.45, 7) is 2.59. The van der Waals surface area contributed by atoms with Crippen LogP contribution in [0.15, 0.2) is 29.3 Å². The van der Waals surface area contributed by atoms with E-state index in [4.69, 9.17) is 10.5 Å². The first-order chi connectivity index (χ1) is 10.0. The summed E-state index contributed by atoms with van der Waals surface area (Å²) in [4.78, 5) is 16.2. The minimum Gasteiger partial charge on any atom is -0.463 e. The van der Waals surface area contributed by atoms with Gasteiger partial charge in [0.05, 0.1) is 6.04 Å². The van der Waals surface area contributed by atoms with Gasteiger partial charge in [0, 0.05) is 11.1 Å². The van der Waals surface area contributed by atoms with Gasteiger partial charge in [0.1, 0.15) is 6.61 Å². The predicted octanol–water partition coefficient (Wildman–Crippen LogP) is 2.07. The molecule has 0 spiro atoms. The number of ether oxygens (including phenoxy) is 1. The van der Waals surface area contributed by atoms with Gasteiger partial charge in [-0.3, -0.25) is 4.79 Å². The van der Waals surface area contributed by atoms with Gasteiger partial charge in [0.15, 0.2) is 0 Å². The third kappa shape index (κ3) is 3.35. The van der Waals surface area contributed by atoms with Crippen molar-refractivity contribution in [1.29, 1.82) is 0 Å². The zero-order valence-electron chi connectivity index (χ0n) is 12.3. The second-order valence-corrected chi connectivity index (χ2v) is 6.18. The lowest BCUT2D eigenvalue weighted by Crippen LogP contribution is -2.21. The summed E-state index contributed by atoms with van der Waals surface area (Å²) < 4.78 is 5.13. The van der Waals surface area contributed by atoms with E-state index in [0.29, 0.717) is 12.6 Å². The van der Waals surface area contributed by atoms with Crippen LogP contribution >= 0.6 is 0 Å². The van der Waals surface area contributed by atoms with Crippen LogP contribution in [-0.2, 0) is 16.0 Å². The van der Waals surface area contributed by atoms with Gasteiger partial charge < -0.3 is 15.8 Å². The second-order valence-electron chi connectivity index (χ2n) is 6.18. The summed E-state index contributed by atoms with van der Waals surface area (Å²) in [6, 6.07) is 8.48. The lowest BCUT2D eigenvalue weighted by molar-refractivity contribution is -0.120. The molecule has 1 atom stereocenters. The van der Waals surface area contributed by atoms with Crippen molar-refractivity contribution in [3.8, 4) is 0 Å². The first kappa shape index (κ1) is 13.9. The molecule has 0 aromatic heterocycles. The number of nitrogens with one attached hydrogen (secondary N) is 1. The molecule has 1 aromatic rings.